The molecule has 0 aromatic carbocycles. The second-order valence-corrected chi connectivity index (χ2v) is 18.8. The van der Waals surface area contributed by atoms with Crippen LogP contribution in [-0.4, -0.2) is 94.3 Å². The number of hydrogen-bond donors (Lipinski definition) is 3. The summed E-state index contributed by atoms with van der Waals surface area (Å²) in [6, 6.07) is 0. The average molecular weight is 675 g/mol. The predicted octanol–water partition coefficient (Wildman–Crippen LogP) is 3.24. The SMILES string of the molecule is CC(=O)OC1CC23CC24CCC(OC2OCC(O)C(O)C2O)C(C)(C)C4CCC3C2(C)CC3OC4(CC(C)C3C12C)OC(=O)C1(C)OC41. The molecule has 268 valence electrons. The smallest absolute Gasteiger partial charge is 0.343 e. The van der Waals surface area contributed by atoms with Crippen LogP contribution in [0, 0.1) is 50.7 Å². The van der Waals surface area contributed by atoms with Gasteiger partial charge in [-0.05, 0) is 97.2 Å². The van der Waals surface area contributed by atoms with Crippen molar-refractivity contribution in [3.05, 3.63) is 0 Å². The minimum absolute atomic E-state index is 0.0279. The van der Waals surface area contributed by atoms with Crippen LogP contribution < -0.4 is 0 Å². The quantitative estimate of drug-likeness (QED) is 0.230. The second-order valence-electron chi connectivity index (χ2n) is 18.8. The summed E-state index contributed by atoms with van der Waals surface area (Å²) in [6.07, 6.45) is 1.54. The molecule has 5 saturated carbocycles. The van der Waals surface area contributed by atoms with Gasteiger partial charge in [0.15, 0.2) is 18.0 Å². The van der Waals surface area contributed by atoms with Crippen molar-refractivity contribution in [1.29, 1.82) is 0 Å². The lowest BCUT2D eigenvalue weighted by molar-refractivity contribution is -0.304. The lowest BCUT2D eigenvalue weighted by atomic mass is 9.41. The van der Waals surface area contributed by atoms with E-state index >= 15 is 0 Å². The number of carbonyl (C=O) groups excluding carboxylic acids is 2. The van der Waals surface area contributed by atoms with Gasteiger partial charge in [-0.15, -0.1) is 0 Å². The second kappa shape index (κ2) is 9.55. The molecule has 9 aliphatic rings. The van der Waals surface area contributed by atoms with Gasteiger partial charge in [0.2, 0.25) is 5.79 Å². The summed E-state index contributed by atoms with van der Waals surface area (Å²) < 4.78 is 37.5. The molecule has 5 aliphatic carbocycles. The highest BCUT2D eigenvalue weighted by atomic mass is 16.8. The summed E-state index contributed by atoms with van der Waals surface area (Å²) in [6.45, 7) is 14.9. The van der Waals surface area contributed by atoms with E-state index < -0.39 is 36.0 Å². The van der Waals surface area contributed by atoms with Gasteiger partial charge in [-0.2, -0.15) is 0 Å². The summed E-state index contributed by atoms with van der Waals surface area (Å²) in [5, 5.41) is 30.9. The van der Waals surface area contributed by atoms with Crippen LogP contribution in [0.3, 0.4) is 0 Å². The van der Waals surface area contributed by atoms with Crippen molar-refractivity contribution in [2.24, 2.45) is 50.7 Å². The Morgan fingerprint density at radius 3 is 2.29 bits per heavy atom. The molecule has 3 N–H and O–H groups in total. The fourth-order valence-electron chi connectivity index (χ4n) is 14.5. The number of hydrogen-bond acceptors (Lipinski definition) is 11. The average Bonchev–Trinajstić information content (AvgIpc) is 3.84. The summed E-state index contributed by atoms with van der Waals surface area (Å²) in [7, 11) is 0. The van der Waals surface area contributed by atoms with E-state index in [-0.39, 0.29) is 81.9 Å². The summed E-state index contributed by atoms with van der Waals surface area (Å²) >= 11 is 0. The first-order valence-corrected chi connectivity index (χ1v) is 18.5. The molecule has 9 fully saturated rings. The molecular weight excluding hydrogens is 620 g/mol. The summed E-state index contributed by atoms with van der Waals surface area (Å²) in [5.41, 5.74) is -1.50. The fourth-order valence-corrected chi connectivity index (χ4v) is 14.5. The molecular formula is C37H54O11. The van der Waals surface area contributed by atoms with E-state index in [4.69, 9.17) is 28.4 Å². The van der Waals surface area contributed by atoms with Crippen LogP contribution in [-0.2, 0) is 38.0 Å². The van der Waals surface area contributed by atoms with E-state index in [1.165, 1.54) is 6.92 Å². The highest BCUT2D eigenvalue weighted by molar-refractivity contribution is 5.86. The van der Waals surface area contributed by atoms with Crippen LogP contribution in [0.1, 0.15) is 99.8 Å². The molecule has 4 heterocycles. The molecule has 0 aromatic heterocycles. The zero-order chi connectivity index (χ0) is 34.2. The highest BCUT2D eigenvalue weighted by Gasteiger charge is 2.87. The van der Waals surface area contributed by atoms with E-state index in [9.17, 15) is 24.9 Å². The lowest BCUT2D eigenvalue weighted by Crippen LogP contribution is -2.64. The Morgan fingerprint density at radius 2 is 1.62 bits per heavy atom. The van der Waals surface area contributed by atoms with Crippen molar-refractivity contribution in [3.63, 3.8) is 0 Å². The zero-order valence-electron chi connectivity index (χ0n) is 29.4. The molecule has 11 heteroatoms. The number of aliphatic hydroxyl groups is 3. The minimum Gasteiger partial charge on any atom is -0.462 e. The maximum atomic E-state index is 12.9. The third kappa shape index (κ3) is 3.65. The highest BCUT2D eigenvalue weighted by Crippen LogP contribution is 2.89. The third-order valence-electron chi connectivity index (χ3n) is 16.6. The molecule has 0 aromatic rings. The largest absolute Gasteiger partial charge is 0.462 e. The molecule has 18 atom stereocenters. The van der Waals surface area contributed by atoms with Crippen molar-refractivity contribution in [2.45, 2.75) is 160 Å². The van der Waals surface area contributed by atoms with Crippen LogP contribution in [0.15, 0.2) is 0 Å². The van der Waals surface area contributed by atoms with Gasteiger partial charge in [-0.3, -0.25) is 4.79 Å². The number of rotatable bonds is 3. The van der Waals surface area contributed by atoms with Crippen LogP contribution in [0.5, 0.6) is 0 Å². The van der Waals surface area contributed by atoms with Crippen molar-refractivity contribution < 1.29 is 53.3 Å². The minimum atomic E-state index is -1.31. The van der Waals surface area contributed by atoms with E-state index in [1.807, 2.05) is 0 Å². The van der Waals surface area contributed by atoms with Gasteiger partial charge in [0.05, 0.1) is 18.8 Å². The normalized spacial score (nSPS) is 61.6. The molecule has 3 spiro atoms. The monoisotopic (exact) mass is 674 g/mol. The van der Waals surface area contributed by atoms with Crippen LogP contribution in [0.25, 0.3) is 0 Å². The lowest BCUT2D eigenvalue weighted by Gasteiger charge is -2.65. The molecule has 48 heavy (non-hydrogen) atoms. The van der Waals surface area contributed by atoms with Gasteiger partial charge in [0.1, 0.15) is 24.4 Å². The number of carbonyl (C=O) groups is 2. The van der Waals surface area contributed by atoms with Crippen molar-refractivity contribution in [1.82, 2.24) is 0 Å². The van der Waals surface area contributed by atoms with Gasteiger partial charge in [-0.25, -0.2) is 4.79 Å². The number of aliphatic hydroxyl groups excluding tert-OH is 3. The summed E-state index contributed by atoms with van der Waals surface area (Å²) in [5.74, 6) is -0.512. The van der Waals surface area contributed by atoms with E-state index in [0.717, 1.165) is 44.9 Å². The van der Waals surface area contributed by atoms with Crippen molar-refractivity contribution in [2.75, 3.05) is 6.61 Å². The third-order valence-corrected chi connectivity index (χ3v) is 16.6. The van der Waals surface area contributed by atoms with Crippen LogP contribution in [0.4, 0.5) is 0 Å². The first-order chi connectivity index (χ1) is 22.4. The Morgan fingerprint density at radius 1 is 0.896 bits per heavy atom. The Balaban J connectivity index is 1.03. The maximum Gasteiger partial charge on any atom is 0.343 e. The molecule has 4 saturated heterocycles. The van der Waals surface area contributed by atoms with Crippen molar-refractivity contribution in [3.8, 4) is 0 Å². The van der Waals surface area contributed by atoms with Gasteiger partial charge in [0, 0.05) is 18.8 Å². The Bertz CT molecular complexity index is 1440. The first kappa shape index (κ1) is 32.6. The summed E-state index contributed by atoms with van der Waals surface area (Å²) in [4.78, 5) is 25.7. The Kier molecular flexibility index (Phi) is 6.48. The zero-order valence-corrected chi connectivity index (χ0v) is 29.4. The number of epoxide rings is 1. The fraction of sp³-hybridized carbons (Fsp3) is 0.946. The van der Waals surface area contributed by atoms with Crippen LogP contribution >= 0.6 is 0 Å². The Labute approximate surface area is 282 Å². The van der Waals surface area contributed by atoms with Gasteiger partial charge in [-0.1, -0.05) is 34.6 Å². The molecule has 9 rings (SSSR count). The number of esters is 2. The van der Waals surface area contributed by atoms with Gasteiger partial charge >= 0.3 is 11.9 Å². The first-order valence-electron chi connectivity index (χ1n) is 18.5. The molecule has 0 radical (unpaired) electrons. The van der Waals surface area contributed by atoms with Crippen LogP contribution in [0.2, 0.25) is 0 Å². The van der Waals surface area contributed by atoms with E-state index in [1.54, 1.807) is 6.92 Å². The molecule has 4 aliphatic heterocycles. The number of ether oxygens (including phenoxy) is 6. The predicted molar refractivity (Wildman–Crippen MR) is 167 cm³/mol. The number of fused-ring (bicyclic) bond motifs is 6. The van der Waals surface area contributed by atoms with E-state index in [0.29, 0.717) is 18.3 Å². The molecule has 0 bridgehead atoms. The Hall–Kier alpha value is -1.34. The molecule has 11 nitrogen and oxygen atoms in total. The topological polar surface area (TPSA) is 154 Å². The van der Waals surface area contributed by atoms with Crippen molar-refractivity contribution >= 4 is 11.9 Å². The molecule has 18 unspecified atom stereocenters. The standard InChI is InChI=1S/C37H54O11/c1-17-12-37(29-34(7,47-29)30(42)48-37)46-20-13-32(5)22-9-8-21-31(3,4)23(45-28-27(41)26(40)19(39)15-43-28)10-11-35(21)16-36(22,35)14-24(44-18(2)38)33(32,6)25(17)20/h17,19-29,39-41H,8-16H2,1-7H3. The maximum absolute atomic E-state index is 12.9. The van der Waals surface area contributed by atoms with Gasteiger partial charge < -0.3 is 43.7 Å². The van der Waals surface area contributed by atoms with Gasteiger partial charge in [0.25, 0.3) is 0 Å². The van der Waals surface area contributed by atoms with E-state index in [2.05, 4.69) is 34.6 Å². The molecule has 0 amide bonds.